The molecule has 0 radical (unpaired) electrons. The van der Waals surface area contributed by atoms with E-state index in [2.05, 4.69) is 0 Å². The van der Waals surface area contributed by atoms with Crippen LogP contribution in [0.1, 0.15) is 0 Å². The molecule has 16 heavy (non-hydrogen) atoms. The first kappa shape index (κ1) is 12.1. The molecule has 2 atom stereocenters. The minimum absolute atomic E-state index is 0.0501. The van der Waals surface area contributed by atoms with Gasteiger partial charge in [-0.15, -0.1) is 0 Å². The van der Waals surface area contributed by atoms with Gasteiger partial charge in [0.2, 0.25) is 0 Å². The van der Waals surface area contributed by atoms with Gasteiger partial charge in [0.1, 0.15) is 5.92 Å². The molecule has 0 aromatic rings. The summed E-state index contributed by atoms with van der Waals surface area (Å²) in [6, 6.07) is 0. The molecule has 0 spiro atoms. The van der Waals surface area contributed by atoms with Crippen LogP contribution in [0.3, 0.4) is 0 Å². The Kier molecular flexibility index (Phi) is 2.68. The van der Waals surface area contributed by atoms with Gasteiger partial charge in [-0.1, -0.05) is 0 Å². The van der Waals surface area contributed by atoms with Gasteiger partial charge in [-0.3, -0.25) is 4.79 Å². The highest BCUT2D eigenvalue weighted by atomic mass is 19.2. The standard InChI is InChI=1S/C8H5F3O5/c9-3-1-2(6(13)14)8(11,7(15)16)5(12)4(3)10/h1-2,12H,(H,13,14)(H,15,16). The van der Waals surface area contributed by atoms with E-state index in [0.29, 0.717) is 0 Å². The lowest BCUT2D eigenvalue weighted by Crippen LogP contribution is -2.48. The van der Waals surface area contributed by atoms with E-state index in [4.69, 9.17) is 15.3 Å². The maximum atomic E-state index is 13.7. The highest BCUT2D eigenvalue weighted by Crippen LogP contribution is 2.40. The number of carboxylic acids is 2. The van der Waals surface area contributed by atoms with Crippen molar-refractivity contribution >= 4 is 11.9 Å². The molecule has 1 aliphatic carbocycles. The van der Waals surface area contributed by atoms with E-state index < -0.39 is 40.9 Å². The van der Waals surface area contributed by atoms with Crippen molar-refractivity contribution in [2.45, 2.75) is 5.67 Å². The fourth-order valence-electron chi connectivity index (χ4n) is 1.23. The van der Waals surface area contributed by atoms with Crippen molar-refractivity contribution in [2.24, 2.45) is 5.92 Å². The second-order valence-electron chi connectivity index (χ2n) is 3.01. The number of aliphatic hydroxyl groups is 1. The maximum absolute atomic E-state index is 13.7. The van der Waals surface area contributed by atoms with Crippen LogP contribution in [0.5, 0.6) is 0 Å². The van der Waals surface area contributed by atoms with Crippen LogP contribution in [-0.4, -0.2) is 32.9 Å². The fraction of sp³-hybridized carbons (Fsp3) is 0.250. The fourth-order valence-corrected chi connectivity index (χ4v) is 1.23. The van der Waals surface area contributed by atoms with Crippen LogP contribution >= 0.6 is 0 Å². The lowest BCUT2D eigenvalue weighted by Gasteiger charge is -2.27. The van der Waals surface area contributed by atoms with E-state index in [0.717, 1.165) is 0 Å². The average molecular weight is 238 g/mol. The highest BCUT2D eigenvalue weighted by Gasteiger charge is 2.58. The maximum Gasteiger partial charge on any atom is 0.350 e. The summed E-state index contributed by atoms with van der Waals surface area (Å²) < 4.78 is 39.1. The average Bonchev–Trinajstić information content (AvgIpc) is 2.19. The molecule has 0 saturated carbocycles. The predicted molar refractivity (Wildman–Crippen MR) is 42.6 cm³/mol. The van der Waals surface area contributed by atoms with Gasteiger partial charge >= 0.3 is 11.9 Å². The van der Waals surface area contributed by atoms with Crippen LogP contribution in [0.25, 0.3) is 0 Å². The first-order chi connectivity index (χ1) is 7.22. The molecule has 3 N–H and O–H groups in total. The van der Waals surface area contributed by atoms with Gasteiger partial charge in [-0.05, 0) is 6.08 Å². The Morgan fingerprint density at radius 2 is 1.81 bits per heavy atom. The molecule has 0 fully saturated rings. The van der Waals surface area contributed by atoms with Crippen molar-refractivity contribution < 1.29 is 38.1 Å². The molecular weight excluding hydrogens is 233 g/mol. The Labute approximate surface area is 86.1 Å². The van der Waals surface area contributed by atoms with Gasteiger partial charge in [0.15, 0.2) is 17.4 Å². The number of hydrogen-bond donors (Lipinski definition) is 3. The summed E-state index contributed by atoms with van der Waals surface area (Å²) in [6.07, 6.45) is -0.0501. The van der Waals surface area contributed by atoms with Crippen LogP contribution in [-0.2, 0) is 9.59 Å². The number of carbonyl (C=O) groups is 2. The van der Waals surface area contributed by atoms with Gasteiger partial charge in [0, 0.05) is 0 Å². The molecule has 0 heterocycles. The molecule has 8 heteroatoms. The number of carboxylic acid groups (broad SMARTS) is 2. The van der Waals surface area contributed by atoms with E-state index in [-0.39, 0.29) is 6.08 Å². The largest absolute Gasteiger partial charge is 0.506 e. The third-order valence-corrected chi connectivity index (χ3v) is 2.08. The summed E-state index contributed by atoms with van der Waals surface area (Å²) in [4.78, 5) is 21.0. The van der Waals surface area contributed by atoms with E-state index >= 15 is 0 Å². The second-order valence-corrected chi connectivity index (χ2v) is 3.01. The quantitative estimate of drug-likeness (QED) is 0.669. The highest BCUT2D eigenvalue weighted by molar-refractivity contribution is 5.90. The SMILES string of the molecule is O=C(O)C1C=C(F)C(F)=C(O)C1(F)C(=O)O. The molecule has 0 aromatic carbocycles. The third-order valence-electron chi connectivity index (χ3n) is 2.08. The zero-order valence-electron chi connectivity index (χ0n) is 7.45. The molecular formula is C8H5F3O5. The molecule has 88 valence electrons. The Morgan fingerprint density at radius 3 is 2.19 bits per heavy atom. The molecule has 0 aromatic heterocycles. The molecule has 5 nitrogen and oxygen atoms in total. The number of alkyl halides is 1. The number of rotatable bonds is 2. The van der Waals surface area contributed by atoms with Crippen molar-refractivity contribution in [1.29, 1.82) is 0 Å². The smallest absolute Gasteiger partial charge is 0.350 e. The molecule has 0 bridgehead atoms. The number of hydrogen-bond acceptors (Lipinski definition) is 3. The van der Waals surface area contributed by atoms with Crippen molar-refractivity contribution in [3.8, 4) is 0 Å². The monoisotopic (exact) mass is 238 g/mol. The Balaban J connectivity index is 3.44. The minimum atomic E-state index is -3.91. The Morgan fingerprint density at radius 1 is 1.31 bits per heavy atom. The van der Waals surface area contributed by atoms with Crippen LogP contribution in [0, 0.1) is 5.92 Å². The molecule has 0 saturated heterocycles. The number of aliphatic carboxylic acids is 2. The third kappa shape index (κ3) is 1.42. The number of halogens is 3. The summed E-state index contributed by atoms with van der Waals surface area (Å²) >= 11 is 0. The molecule has 2 unspecified atom stereocenters. The lowest BCUT2D eigenvalue weighted by atomic mass is 9.83. The van der Waals surface area contributed by atoms with E-state index in [1.165, 1.54) is 0 Å². The molecule has 1 aliphatic rings. The normalized spacial score (nSPS) is 29.9. The van der Waals surface area contributed by atoms with Gasteiger partial charge in [0.05, 0.1) is 0 Å². The topological polar surface area (TPSA) is 94.8 Å². The van der Waals surface area contributed by atoms with Crippen LogP contribution in [0.15, 0.2) is 23.5 Å². The van der Waals surface area contributed by atoms with E-state index in [9.17, 15) is 22.8 Å². The Hall–Kier alpha value is -1.99. The van der Waals surface area contributed by atoms with E-state index in [1.54, 1.807) is 0 Å². The first-order valence-electron chi connectivity index (χ1n) is 3.85. The molecule has 0 aliphatic heterocycles. The zero-order valence-corrected chi connectivity index (χ0v) is 7.45. The summed E-state index contributed by atoms with van der Waals surface area (Å²) in [5.41, 5.74) is -3.91. The van der Waals surface area contributed by atoms with E-state index in [1.807, 2.05) is 0 Å². The van der Waals surface area contributed by atoms with Crippen LogP contribution in [0.2, 0.25) is 0 Å². The summed E-state index contributed by atoms with van der Waals surface area (Å²) in [7, 11) is 0. The van der Waals surface area contributed by atoms with Crippen molar-refractivity contribution in [2.75, 3.05) is 0 Å². The van der Waals surface area contributed by atoms with Gasteiger partial charge < -0.3 is 15.3 Å². The predicted octanol–water partition coefficient (Wildman–Crippen LogP) is 1.09. The summed E-state index contributed by atoms with van der Waals surface area (Å²) in [5.74, 6) is -13.0. The number of allylic oxidation sites excluding steroid dienone is 2. The summed E-state index contributed by atoms with van der Waals surface area (Å²) in [6.45, 7) is 0. The lowest BCUT2D eigenvalue weighted by molar-refractivity contribution is -0.162. The second kappa shape index (κ2) is 3.54. The van der Waals surface area contributed by atoms with Crippen LogP contribution in [0.4, 0.5) is 13.2 Å². The van der Waals surface area contributed by atoms with Gasteiger partial charge in [0.25, 0.3) is 5.67 Å². The number of aliphatic hydroxyl groups excluding tert-OH is 1. The van der Waals surface area contributed by atoms with Gasteiger partial charge in [-0.25, -0.2) is 13.6 Å². The van der Waals surface area contributed by atoms with Crippen molar-refractivity contribution in [3.05, 3.63) is 23.5 Å². The zero-order chi connectivity index (χ0) is 12.7. The molecule has 1 rings (SSSR count). The summed E-state index contributed by atoms with van der Waals surface area (Å²) in [5, 5.41) is 25.8. The van der Waals surface area contributed by atoms with Crippen molar-refractivity contribution in [1.82, 2.24) is 0 Å². The Bertz CT molecular complexity index is 427. The molecule has 0 amide bonds. The minimum Gasteiger partial charge on any atom is -0.506 e. The van der Waals surface area contributed by atoms with Crippen molar-refractivity contribution in [3.63, 3.8) is 0 Å². The first-order valence-corrected chi connectivity index (χ1v) is 3.85. The van der Waals surface area contributed by atoms with Crippen LogP contribution < -0.4 is 0 Å². The van der Waals surface area contributed by atoms with Gasteiger partial charge in [-0.2, -0.15) is 4.39 Å².